The minimum absolute atomic E-state index is 0.216. The quantitative estimate of drug-likeness (QED) is 0.726. The van der Waals surface area contributed by atoms with E-state index in [-0.39, 0.29) is 6.04 Å². The molecule has 1 saturated heterocycles. The lowest BCUT2D eigenvalue weighted by Crippen LogP contribution is -2.41. The van der Waals surface area contributed by atoms with Crippen LogP contribution in [-0.2, 0) is 10.0 Å². The average molecular weight is 273 g/mol. The van der Waals surface area contributed by atoms with Crippen LogP contribution in [0.2, 0.25) is 0 Å². The number of rotatable bonds is 3. The van der Waals surface area contributed by atoms with Crippen LogP contribution in [0.25, 0.3) is 0 Å². The summed E-state index contributed by atoms with van der Waals surface area (Å²) in [5.41, 5.74) is 5.77. The smallest absolute Gasteiger partial charge is 0.211 e. The number of piperidine rings is 1. The van der Waals surface area contributed by atoms with Gasteiger partial charge in [-0.25, -0.2) is 17.7 Å². The Balaban J connectivity index is 1.93. The lowest BCUT2D eigenvalue weighted by Gasteiger charge is -2.30. The molecule has 0 bridgehead atoms. The molecule has 0 aromatic carbocycles. The van der Waals surface area contributed by atoms with Crippen LogP contribution >= 0.6 is 0 Å². The molecule has 0 atom stereocenters. The summed E-state index contributed by atoms with van der Waals surface area (Å²) in [5.74, 6) is 1.95. The standard InChI is InChI=1S/C10H19N5O2S/c1-7-12-9(11)10(13-7)14-8-3-5-15(6-4-8)18(2,16)17/h8,14H,3-6,11H2,1-2H3,(H,12,13). The van der Waals surface area contributed by atoms with Gasteiger partial charge in [0.1, 0.15) is 11.6 Å². The number of aryl methyl sites for hydroxylation is 1. The molecule has 0 aliphatic carbocycles. The van der Waals surface area contributed by atoms with Crippen LogP contribution in [0, 0.1) is 6.92 Å². The number of aromatic amines is 1. The summed E-state index contributed by atoms with van der Waals surface area (Å²) < 4.78 is 24.3. The molecule has 7 nitrogen and oxygen atoms in total. The van der Waals surface area contributed by atoms with Crippen LogP contribution in [0.1, 0.15) is 18.7 Å². The van der Waals surface area contributed by atoms with E-state index in [2.05, 4.69) is 15.3 Å². The SMILES string of the molecule is Cc1nc(NC2CCN(S(C)(=O)=O)CC2)c(N)[nH]1. The Morgan fingerprint density at radius 2 is 2.06 bits per heavy atom. The highest BCUT2D eigenvalue weighted by atomic mass is 32.2. The molecule has 1 aromatic heterocycles. The molecule has 8 heteroatoms. The first kappa shape index (κ1) is 13.2. The lowest BCUT2D eigenvalue weighted by molar-refractivity contribution is 0.331. The fraction of sp³-hybridized carbons (Fsp3) is 0.700. The lowest BCUT2D eigenvalue weighted by atomic mass is 10.1. The minimum Gasteiger partial charge on any atom is -0.382 e. The molecule has 1 aliphatic rings. The van der Waals surface area contributed by atoms with Gasteiger partial charge in [0, 0.05) is 19.1 Å². The summed E-state index contributed by atoms with van der Waals surface area (Å²) >= 11 is 0. The Labute approximate surface area is 107 Å². The van der Waals surface area contributed by atoms with Crippen molar-refractivity contribution in [2.45, 2.75) is 25.8 Å². The van der Waals surface area contributed by atoms with E-state index in [1.165, 1.54) is 10.6 Å². The van der Waals surface area contributed by atoms with E-state index in [1.54, 1.807) is 0 Å². The van der Waals surface area contributed by atoms with Gasteiger partial charge in [0.05, 0.1) is 6.26 Å². The summed E-state index contributed by atoms with van der Waals surface area (Å²) in [6.07, 6.45) is 2.77. The Bertz CT molecular complexity index is 516. The van der Waals surface area contributed by atoms with E-state index in [1.807, 2.05) is 6.92 Å². The molecule has 4 N–H and O–H groups in total. The number of H-pyrrole nitrogens is 1. The van der Waals surface area contributed by atoms with Crippen LogP contribution in [0.15, 0.2) is 0 Å². The maximum absolute atomic E-state index is 11.4. The fourth-order valence-electron chi connectivity index (χ4n) is 2.15. The molecule has 1 aliphatic heterocycles. The van der Waals surface area contributed by atoms with Gasteiger partial charge in [-0.15, -0.1) is 0 Å². The number of hydrogen-bond donors (Lipinski definition) is 3. The maximum atomic E-state index is 11.4. The van der Waals surface area contributed by atoms with Gasteiger partial charge >= 0.3 is 0 Å². The van der Waals surface area contributed by atoms with Gasteiger partial charge in [-0.2, -0.15) is 0 Å². The highest BCUT2D eigenvalue weighted by molar-refractivity contribution is 7.88. The molecule has 0 unspecified atom stereocenters. The summed E-state index contributed by atoms with van der Waals surface area (Å²) in [6, 6.07) is 0.216. The van der Waals surface area contributed by atoms with Gasteiger partial charge in [0.15, 0.2) is 5.82 Å². The van der Waals surface area contributed by atoms with Gasteiger partial charge in [-0.1, -0.05) is 0 Å². The van der Waals surface area contributed by atoms with Crippen LogP contribution in [-0.4, -0.2) is 48.1 Å². The van der Waals surface area contributed by atoms with Crippen LogP contribution in [0.3, 0.4) is 0 Å². The third-order valence-electron chi connectivity index (χ3n) is 3.11. The summed E-state index contributed by atoms with van der Waals surface area (Å²) in [4.78, 5) is 7.18. The van der Waals surface area contributed by atoms with Crippen molar-refractivity contribution < 1.29 is 8.42 Å². The molecule has 0 radical (unpaired) electrons. The molecule has 0 spiro atoms. The largest absolute Gasteiger partial charge is 0.382 e. The van der Waals surface area contributed by atoms with E-state index >= 15 is 0 Å². The first-order valence-electron chi connectivity index (χ1n) is 5.90. The second-order valence-corrected chi connectivity index (χ2v) is 6.65. The Kier molecular flexibility index (Phi) is 3.49. The minimum atomic E-state index is -3.07. The number of imidazole rings is 1. The van der Waals surface area contributed by atoms with Crippen molar-refractivity contribution in [2.24, 2.45) is 0 Å². The molecule has 102 valence electrons. The molecular weight excluding hydrogens is 254 g/mol. The van der Waals surface area contributed by atoms with Crippen molar-refractivity contribution in [1.29, 1.82) is 0 Å². The maximum Gasteiger partial charge on any atom is 0.211 e. The predicted octanol–water partition coefficient (Wildman–Crippen LogP) is 0.136. The summed E-state index contributed by atoms with van der Waals surface area (Å²) in [5, 5.41) is 3.25. The van der Waals surface area contributed by atoms with E-state index < -0.39 is 10.0 Å². The summed E-state index contributed by atoms with van der Waals surface area (Å²) in [6.45, 7) is 2.92. The van der Waals surface area contributed by atoms with Crippen molar-refractivity contribution in [3.8, 4) is 0 Å². The number of hydrogen-bond acceptors (Lipinski definition) is 5. The molecule has 0 amide bonds. The zero-order valence-electron chi connectivity index (χ0n) is 10.6. The van der Waals surface area contributed by atoms with Gasteiger partial charge < -0.3 is 16.0 Å². The van der Waals surface area contributed by atoms with Crippen molar-refractivity contribution in [3.63, 3.8) is 0 Å². The highest BCUT2D eigenvalue weighted by Gasteiger charge is 2.25. The average Bonchev–Trinajstić information content (AvgIpc) is 2.57. The zero-order valence-corrected chi connectivity index (χ0v) is 11.4. The van der Waals surface area contributed by atoms with Crippen LogP contribution in [0.5, 0.6) is 0 Å². The van der Waals surface area contributed by atoms with E-state index in [0.717, 1.165) is 18.7 Å². The molecule has 0 saturated carbocycles. The van der Waals surface area contributed by atoms with Crippen LogP contribution < -0.4 is 11.1 Å². The fourth-order valence-corrected chi connectivity index (χ4v) is 3.02. The molecule has 18 heavy (non-hydrogen) atoms. The van der Waals surface area contributed by atoms with Gasteiger partial charge in [0.2, 0.25) is 10.0 Å². The molecule has 2 rings (SSSR count). The number of aromatic nitrogens is 2. The van der Waals surface area contributed by atoms with Gasteiger partial charge in [0.25, 0.3) is 0 Å². The van der Waals surface area contributed by atoms with Crippen molar-refractivity contribution in [2.75, 3.05) is 30.4 Å². The number of sulfonamides is 1. The van der Waals surface area contributed by atoms with Crippen LogP contribution in [0.4, 0.5) is 11.6 Å². The Hall–Kier alpha value is -1.28. The number of nitrogen functional groups attached to an aromatic ring is 1. The molecule has 1 fully saturated rings. The number of nitrogens with zero attached hydrogens (tertiary/aromatic N) is 2. The monoisotopic (exact) mass is 273 g/mol. The zero-order chi connectivity index (χ0) is 13.3. The number of nitrogens with two attached hydrogens (primary N) is 1. The van der Waals surface area contributed by atoms with E-state index in [4.69, 9.17) is 5.73 Å². The normalized spacial score (nSPS) is 19.0. The van der Waals surface area contributed by atoms with E-state index in [0.29, 0.717) is 24.7 Å². The molecular formula is C10H19N5O2S. The van der Waals surface area contributed by atoms with Gasteiger partial charge in [-0.3, -0.25) is 0 Å². The molecule has 1 aromatic rings. The third kappa shape index (κ3) is 2.94. The van der Waals surface area contributed by atoms with Crippen molar-refractivity contribution in [3.05, 3.63) is 5.82 Å². The Morgan fingerprint density at radius 3 is 2.50 bits per heavy atom. The van der Waals surface area contributed by atoms with Crippen molar-refractivity contribution >= 4 is 21.7 Å². The third-order valence-corrected chi connectivity index (χ3v) is 4.42. The Morgan fingerprint density at radius 1 is 1.44 bits per heavy atom. The van der Waals surface area contributed by atoms with E-state index in [9.17, 15) is 8.42 Å². The number of anilines is 2. The highest BCUT2D eigenvalue weighted by Crippen LogP contribution is 2.20. The first-order chi connectivity index (χ1) is 8.36. The first-order valence-corrected chi connectivity index (χ1v) is 7.75. The van der Waals surface area contributed by atoms with Gasteiger partial charge in [-0.05, 0) is 19.8 Å². The second-order valence-electron chi connectivity index (χ2n) is 4.67. The van der Waals surface area contributed by atoms with Crippen molar-refractivity contribution in [1.82, 2.24) is 14.3 Å². The number of nitrogens with one attached hydrogen (secondary N) is 2. The second kappa shape index (κ2) is 4.77. The topological polar surface area (TPSA) is 104 Å². The predicted molar refractivity (Wildman–Crippen MR) is 70.8 cm³/mol. The molecule has 2 heterocycles. The summed E-state index contributed by atoms with van der Waals surface area (Å²) in [7, 11) is -3.07.